The maximum Gasteiger partial charge on any atom is 0.251 e. The highest BCUT2D eigenvalue weighted by Gasteiger charge is 2.26. The number of hydrogen-bond acceptors (Lipinski definition) is 4. The van der Waals surface area contributed by atoms with Gasteiger partial charge < -0.3 is 10.1 Å². The number of Topliss-reactive ketones (excluding diaryl/α,β-unsaturated/α-hetero) is 1. The van der Waals surface area contributed by atoms with Crippen LogP contribution in [0.3, 0.4) is 0 Å². The smallest absolute Gasteiger partial charge is 0.251 e. The molecule has 0 saturated heterocycles. The van der Waals surface area contributed by atoms with Crippen LogP contribution in [0.2, 0.25) is 0 Å². The Labute approximate surface area is 266 Å². The highest BCUT2D eigenvalue weighted by molar-refractivity contribution is 6.01. The van der Waals surface area contributed by atoms with Crippen LogP contribution in [0.4, 0.5) is 4.39 Å². The van der Waals surface area contributed by atoms with Gasteiger partial charge in [-0.3, -0.25) is 14.3 Å². The number of alkyl halides is 1. The van der Waals surface area contributed by atoms with Crippen molar-refractivity contribution in [1.82, 2.24) is 15.1 Å². The fourth-order valence-electron chi connectivity index (χ4n) is 7.13. The molecule has 1 N–H and O–H groups in total. The first kappa shape index (κ1) is 31.7. The van der Waals surface area contributed by atoms with Gasteiger partial charge in [0, 0.05) is 60.7 Å². The molecule has 4 aliphatic carbocycles. The Morgan fingerprint density at radius 2 is 1.80 bits per heavy atom. The summed E-state index contributed by atoms with van der Waals surface area (Å²) < 4.78 is 21.2. The number of aromatic nitrogens is 2. The Hall–Kier alpha value is -3.32. The number of rotatable bonds is 11. The van der Waals surface area contributed by atoms with Crippen LogP contribution in [0.5, 0.6) is 0 Å². The van der Waals surface area contributed by atoms with Crippen LogP contribution in [0, 0.1) is 30.6 Å². The quantitative estimate of drug-likeness (QED) is 0.263. The topological polar surface area (TPSA) is 73.2 Å². The molecule has 1 aromatic heterocycles. The van der Waals surface area contributed by atoms with Gasteiger partial charge in [0.1, 0.15) is 6.17 Å². The number of aryl methyl sites for hydroxylation is 1. The summed E-state index contributed by atoms with van der Waals surface area (Å²) in [4.78, 5) is 26.4. The van der Waals surface area contributed by atoms with Gasteiger partial charge in [-0.05, 0) is 87.0 Å². The predicted octanol–water partition coefficient (Wildman–Crippen LogP) is 7.77. The molecule has 1 heterocycles. The van der Waals surface area contributed by atoms with Crippen molar-refractivity contribution >= 4 is 22.6 Å². The molecule has 7 heteroatoms. The van der Waals surface area contributed by atoms with E-state index in [1.54, 1.807) is 6.08 Å². The zero-order chi connectivity index (χ0) is 31.2. The van der Waals surface area contributed by atoms with E-state index >= 15 is 0 Å². The summed E-state index contributed by atoms with van der Waals surface area (Å²) in [7, 11) is 0. The van der Waals surface area contributed by atoms with Gasteiger partial charge in [0.2, 0.25) is 0 Å². The Balaban J connectivity index is 0.996. The molecule has 4 unspecified atom stereocenters. The van der Waals surface area contributed by atoms with E-state index in [4.69, 9.17) is 9.84 Å². The summed E-state index contributed by atoms with van der Waals surface area (Å²) >= 11 is 0. The van der Waals surface area contributed by atoms with Gasteiger partial charge in [-0.25, -0.2) is 4.39 Å². The van der Waals surface area contributed by atoms with Crippen molar-refractivity contribution in [3.63, 3.8) is 0 Å². The van der Waals surface area contributed by atoms with E-state index in [2.05, 4.69) is 28.3 Å². The monoisotopic (exact) mass is 613 g/mol. The van der Waals surface area contributed by atoms with E-state index in [1.807, 2.05) is 37.3 Å². The van der Waals surface area contributed by atoms with E-state index < -0.39 is 6.17 Å². The summed E-state index contributed by atoms with van der Waals surface area (Å²) in [6.45, 7) is 4.73. The summed E-state index contributed by atoms with van der Waals surface area (Å²) in [5.74, 6) is 1.79. The minimum Gasteiger partial charge on any atom is -0.379 e. The van der Waals surface area contributed by atoms with Gasteiger partial charge in [0.05, 0.1) is 12.1 Å². The normalized spacial score (nSPS) is 25.6. The molecule has 0 bridgehead atoms. The van der Waals surface area contributed by atoms with E-state index in [-0.39, 0.29) is 17.7 Å². The molecule has 1 amide bonds. The number of hydrogen-bond donors (Lipinski definition) is 1. The average Bonchev–Trinajstić information content (AvgIpc) is 3.76. The van der Waals surface area contributed by atoms with Crippen LogP contribution in [0.15, 0.2) is 65.9 Å². The molecular weight excluding hydrogens is 565 g/mol. The molecule has 0 aliphatic heterocycles. The summed E-state index contributed by atoms with van der Waals surface area (Å²) in [5.41, 5.74) is 4.58. The van der Waals surface area contributed by atoms with Crippen molar-refractivity contribution in [1.29, 1.82) is 0 Å². The first-order chi connectivity index (χ1) is 21.9. The number of halogens is 1. The summed E-state index contributed by atoms with van der Waals surface area (Å²) in [6.07, 6.45) is 24.1. The van der Waals surface area contributed by atoms with Crippen LogP contribution >= 0.6 is 0 Å². The summed E-state index contributed by atoms with van der Waals surface area (Å²) in [6, 6.07) is 3.84. The number of carbonyl (C=O) groups excluding carboxylic acids is 2. The molecule has 6 rings (SSSR count). The van der Waals surface area contributed by atoms with Gasteiger partial charge in [0.15, 0.2) is 5.78 Å². The molecule has 6 nitrogen and oxygen atoms in total. The maximum atomic E-state index is 13.5. The van der Waals surface area contributed by atoms with Crippen LogP contribution in [-0.2, 0) is 16.1 Å². The van der Waals surface area contributed by atoms with E-state index in [9.17, 15) is 14.0 Å². The molecular formula is C38H48FN3O3. The van der Waals surface area contributed by atoms with Crippen molar-refractivity contribution in [3.05, 3.63) is 77.1 Å². The Morgan fingerprint density at radius 1 is 0.978 bits per heavy atom. The zero-order valence-electron chi connectivity index (χ0n) is 26.7. The highest BCUT2D eigenvalue weighted by Crippen LogP contribution is 2.33. The number of benzene rings is 1. The Morgan fingerprint density at radius 3 is 2.58 bits per heavy atom. The molecule has 0 spiro atoms. The fraction of sp³-hybridized carbons (Fsp3) is 0.553. The zero-order valence-corrected chi connectivity index (χ0v) is 26.7. The minimum absolute atomic E-state index is 0.0631. The van der Waals surface area contributed by atoms with Crippen molar-refractivity contribution in [2.45, 2.75) is 90.3 Å². The lowest BCUT2D eigenvalue weighted by Crippen LogP contribution is -2.28. The van der Waals surface area contributed by atoms with Crippen molar-refractivity contribution < 1.29 is 18.7 Å². The lowest BCUT2D eigenvalue weighted by atomic mass is 9.83. The molecule has 2 saturated carbocycles. The van der Waals surface area contributed by atoms with Crippen molar-refractivity contribution in [2.75, 3.05) is 19.8 Å². The second-order valence-electron chi connectivity index (χ2n) is 13.6. The molecule has 2 fully saturated rings. The van der Waals surface area contributed by atoms with Gasteiger partial charge in [-0.2, -0.15) is 5.10 Å². The summed E-state index contributed by atoms with van der Waals surface area (Å²) in [5, 5.41) is 8.90. The third-order valence-electron chi connectivity index (χ3n) is 10.1. The second kappa shape index (κ2) is 14.8. The van der Waals surface area contributed by atoms with Crippen LogP contribution in [0.25, 0.3) is 10.9 Å². The average molecular weight is 614 g/mol. The number of ether oxygens (including phenoxy) is 1. The molecule has 1 aromatic carbocycles. The SMILES string of the molecule is Cc1c(C(=O)NCCOCC2CC2)ccc2nn(CC3CCCCC(C(=O)C4=CCC(C5=CCC(F)C=C5)C=C4)CCC3)cc12. The van der Waals surface area contributed by atoms with Crippen molar-refractivity contribution in [3.8, 4) is 0 Å². The first-order valence-electron chi connectivity index (χ1n) is 17.2. The predicted molar refractivity (Wildman–Crippen MR) is 177 cm³/mol. The molecule has 0 radical (unpaired) electrons. The van der Waals surface area contributed by atoms with Gasteiger partial charge in [-0.15, -0.1) is 0 Å². The second-order valence-corrected chi connectivity index (χ2v) is 13.6. The molecule has 4 aliphatic rings. The van der Waals surface area contributed by atoms with E-state index in [1.165, 1.54) is 12.8 Å². The molecule has 240 valence electrons. The number of allylic oxidation sites excluding steroid dienone is 8. The number of nitrogens with one attached hydrogen (secondary N) is 1. The third-order valence-corrected chi connectivity index (χ3v) is 10.1. The van der Waals surface area contributed by atoms with Gasteiger partial charge in [-0.1, -0.05) is 55.7 Å². The number of amides is 1. The number of fused-ring (bicyclic) bond motifs is 1. The lowest BCUT2D eigenvalue weighted by molar-refractivity contribution is -0.119. The number of nitrogens with zero attached hydrogens (tertiary/aromatic N) is 2. The number of carbonyl (C=O) groups is 2. The fourth-order valence-corrected chi connectivity index (χ4v) is 7.13. The van der Waals surface area contributed by atoms with E-state index in [0.29, 0.717) is 36.8 Å². The maximum absolute atomic E-state index is 13.5. The van der Waals surface area contributed by atoms with Crippen molar-refractivity contribution in [2.24, 2.45) is 23.7 Å². The highest BCUT2D eigenvalue weighted by atomic mass is 19.1. The molecule has 4 atom stereocenters. The third kappa shape index (κ3) is 8.29. The first-order valence-corrected chi connectivity index (χ1v) is 17.2. The largest absolute Gasteiger partial charge is 0.379 e. The van der Waals surface area contributed by atoms with Gasteiger partial charge >= 0.3 is 0 Å². The Bertz CT molecular complexity index is 1500. The van der Waals surface area contributed by atoms with E-state index in [0.717, 1.165) is 98.0 Å². The standard InChI is InChI=1S/C38H48FN3O3/c1-26-34(38(44)40-21-22-45-25-28-9-10-28)19-20-36-35(26)24-42(41-36)23-27-5-2-3-7-31(8-4-6-27)37(43)32-13-11-29(12-14-32)30-15-17-33(39)18-16-30/h11,13-17,19-20,24,27-29,31,33H,2-10,12,18,21-23,25H2,1H3,(H,40,44). The lowest BCUT2D eigenvalue weighted by Gasteiger charge is -2.22. The number of ketones is 1. The van der Waals surface area contributed by atoms with Crippen LogP contribution in [-0.4, -0.2) is 47.4 Å². The Kier molecular flexibility index (Phi) is 10.4. The van der Waals surface area contributed by atoms with Crippen LogP contribution < -0.4 is 5.32 Å². The minimum atomic E-state index is -0.875. The van der Waals surface area contributed by atoms with Gasteiger partial charge in [0.25, 0.3) is 5.91 Å². The molecule has 45 heavy (non-hydrogen) atoms. The molecule has 2 aromatic rings. The van der Waals surface area contributed by atoms with Crippen LogP contribution in [0.1, 0.15) is 86.6 Å².